The lowest BCUT2D eigenvalue weighted by molar-refractivity contribution is 0.392. The minimum atomic E-state index is 0. The van der Waals surface area contributed by atoms with Gasteiger partial charge in [0.2, 0.25) is 0 Å². The first-order valence-electron chi connectivity index (χ1n) is 11.2. The first-order valence-corrected chi connectivity index (χ1v) is 11.2. The number of methoxy groups -OCH3 is 2. The van der Waals surface area contributed by atoms with Gasteiger partial charge >= 0.3 is 0 Å². The normalized spacial score (nSPS) is 11.9. The number of nitrogens with zero attached hydrogens (tertiary/aromatic N) is 4. The topological polar surface area (TPSA) is 74.1 Å². The molecule has 0 amide bonds. The van der Waals surface area contributed by atoms with E-state index < -0.39 is 0 Å². The van der Waals surface area contributed by atoms with Gasteiger partial charge in [0.15, 0.2) is 0 Å². The van der Waals surface area contributed by atoms with Gasteiger partial charge in [-0.05, 0) is 48.4 Å². The summed E-state index contributed by atoms with van der Waals surface area (Å²) in [6.07, 6.45) is 6.48. The summed E-state index contributed by atoms with van der Waals surface area (Å²) in [5.74, 6) is 1.71. The third-order valence-corrected chi connectivity index (χ3v) is 5.73. The molecule has 0 aliphatic carbocycles. The molecule has 0 aliphatic heterocycles. The summed E-state index contributed by atoms with van der Waals surface area (Å²) in [5.41, 5.74) is 5.83. The molecule has 0 spiro atoms. The fraction of sp³-hybridized carbons (Fsp3) is 0.370. The zero-order valence-electron chi connectivity index (χ0n) is 19.9. The highest BCUT2D eigenvalue weighted by Gasteiger charge is 2.18. The number of aromatic nitrogens is 4. The van der Waals surface area contributed by atoms with E-state index in [-0.39, 0.29) is 13.3 Å². The van der Waals surface area contributed by atoms with Crippen LogP contribution in [0.1, 0.15) is 44.7 Å². The molecule has 2 heterocycles. The highest BCUT2D eigenvalue weighted by Crippen LogP contribution is 2.34. The van der Waals surface area contributed by atoms with E-state index in [2.05, 4.69) is 53.5 Å². The van der Waals surface area contributed by atoms with E-state index in [9.17, 15) is 0 Å². The lowest BCUT2D eigenvalue weighted by Crippen LogP contribution is -2.25. The number of ether oxygens (including phenoxy) is 2. The van der Waals surface area contributed by atoms with Crippen molar-refractivity contribution in [1.29, 1.82) is 0 Å². The lowest BCUT2D eigenvalue weighted by atomic mass is 9.87. The Bertz CT molecular complexity index is 1210. The van der Waals surface area contributed by atoms with Crippen LogP contribution in [0.25, 0.3) is 22.3 Å². The Hall–Kier alpha value is -3.45. The van der Waals surface area contributed by atoms with Crippen molar-refractivity contribution in [3.05, 3.63) is 66.1 Å². The van der Waals surface area contributed by atoms with Crippen LogP contribution in [-0.4, -0.2) is 46.6 Å². The molecular weight excluding hydrogens is 426 g/mol. The van der Waals surface area contributed by atoms with Crippen molar-refractivity contribution in [1.82, 2.24) is 25.1 Å². The zero-order valence-corrected chi connectivity index (χ0v) is 19.9. The first kappa shape index (κ1) is 25.2. The summed E-state index contributed by atoms with van der Waals surface area (Å²) in [7, 11) is 5.26. The SMILES string of the molecule is C.COc1cc(OC)cc([C@H](CCNC(C)C)c2ccc3ncc(-c4cnn(C)c4)nc3c2)c1. The number of hydrogen-bond donors (Lipinski definition) is 1. The van der Waals surface area contributed by atoms with Gasteiger partial charge in [-0.15, -0.1) is 0 Å². The van der Waals surface area contributed by atoms with Gasteiger partial charge in [0.1, 0.15) is 11.5 Å². The molecule has 4 aromatic rings. The van der Waals surface area contributed by atoms with Crippen molar-refractivity contribution in [2.75, 3.05) is 20.8 Å². The van der Waals surface area contributed by atoms with Gasteiger partial charge in [-0.25, -0.2) is 4.98 Å². The lowest BCUT2D eigenvalue weighted by Gasteiger charge is -2.21. The molecule has 0 aliphatic rings. The van der Waals surface area contributed by atoms with Crippen LogP contribution in [0.15, 0.2) is 55.0 Å². The van der Waals surface area contributed by atoms with Gasteiger partial charge < -0.3 is 14.8 Å². The standard InChI is InChI=1S/C26H31N5O2.CH4/c1-17(2)27-9-8-23(19-10-21(32-4)13-22(11-19)33-5)18-6-7-24-25(12-18)30-26(15-28-24)20-14-29-31(3)16-20;/h6-7,10-17,23,27H,8-9H2,1-5H3;1H4/t23-;/m1./s1. The van der Waals surface area contributed by atoms with E-state index in [1.807, 2.05) is 31.6 Å². The van der Waals surface area contributed by atoms with Gasteiger partial charge in [-0.2, -0.15) is 5.10 Å². The van der Waals surface area contributed by atoms with E-state index in [4.69, 9.17) is 14.5 Å². The molecule has 180 valence electrons. The van der Waals surface area contributed by atoms with Crippen LogP contribution < -0.4 is 14.8 Å². The Morgan fingerprint density at radius 3 is 2.29 bits per heavy atom. The van der Waals surface area contributed by atoms with Crippen LogP contribution in [0, 0.1) is 0 Å². The molecule has 4 rings (SSSR count). The fourth-order valence-corrected chi connectivity index (χ4v) is 4.01. The average Bonchev–Trinajstić information content (AvgIpc) is 3.26. The Balaban J connectivity index is 0.00000324. The van der Waals surface area contributed by atoms with E-state index in [1.165, 1.54) is 5.56 Å². The highest BCUT2D eigenvalue weighted by atomic mass is 16.5. The maximum Gasteiger partial charge on any atom is 0.122 e. The second-order valence-corrected chi connectivity index (χ2v) is 8.50. The van der Waals surface area contributed by atoms with E-state index in [0.717, 1.165) is 52.3 Å². The van der Waals surface area contributed by atoms with Crippen LogP contribution in [0.2, 0.25) is 0 Å². The molecule has 2 aromatic carbocycles. The van der Waals surface area contributed by atoms with Crippen molar-refractivity contribution >= 4 is 11.0 Å². The Morgan fingerprint density at radius 2 is 1.68 bits per heavy atom. The molecule has 34 heavy (non-hydrogen) atoms. The van der Waals surface area contributed by atoms with Crippen LogP contribution in [0.4, 0.5) is 0 Å². The molecule has 1 N–H and O–H groups in total. The molecule has 0 fully saturated rings. The molecule has 0 unspecified atom stereocenters. The van der Waals surface area contributed by atoms with Gasteiger partial charge in [0, 0.05) is 36.8 Å². The number of hydrogen-bond acceptors (Lipinski definition) is 6. The predicted molar refractivity (Wildman–Crippen MR) is 138 cm³/mol. The first-order chi connectivity index (χ1) is 16.0. The van der Waals surface area contributed by atoms with Crippen LogP contribution in [0.3, 0.4) is 0 Å². The predicted octanol–water partition coefficient (Wildman–Crippen LogP) is 5.20. The highest BCUT2D eigenvalue weighted by molar-refractivity contribution is 5.78. The Labute approximate surface area is 202 Å². The Kier molecular flexibility index (Phi) is 8.23. The molecule has 0 saturated carbocycles. The van der Waals surface area contributed by atoms with Crippen molar-refractivity contribution in [2.24, 2.45) is 7.05 Å². The smallest absolute Gasteiger partial charge is 0.122 e. The maximum absolute atomic E-state index is 5.54. The average molecular weight is 462 g/mol. The van der Waals surface area contributed by atoms with Gasteiger partial charge in [0.05, 0.1) is 43.3 Å². The summed E-state index contributed by atoms with van der Waals surface area (Å²) >= 11 is 0. The molecule has 2 aromatic heterocycles. The van der Waals surface area contributed by atoms with Gasteiger partial charge in [0.25, 0.3) is 0 Å². The quantitative estimate of drug-likeness (QED) is 0.369. The van der Waals surface area contributed by atoms with Crippen molar-refractivity contribution in [3.63, 3.8) is 0 Å². The van der Waals surface area contributed by atoms with Crippen molar-refractivity contribution in [2.45, 2.75) is 39.7 Å². The summed E-state index contributed by atoms with van der Waals surface area (Å²) in [6, 6.07) is 12.8. The number of fused-ring (bicyclic) bond motifs is 1. The second kappa shape index (κ2) is 11.1. The summed E-state index contributed by atoms with van der Waals surface area (Å²) in [4.78, 5) is 9.52. The number of aryl methyl sites for hydroxylation is 1. The summed E-state index contributed by atoms with van der Waals surface area (Å²) in [5, 5.41) is 7.80. The van der Waals surface area contributed by atoms with Gasteiger partial charge in [-0.1, -0.05) is 27.3 Å². The minimum absolute atomic E-state index is 0. The number of nitrogens with one attached hydrogen (secondary N) is 1. The zero-order chi connectivity index (χ0) is 23.4. The van der Waals surface area contributed by atoms with Crippen LogP contribution >= 0.6 is 0 Å². The van der Waals surface area contributed by atoms with E-state index in [1.54, 1.807) is 25.1 Å². The molecule has 0 radical (unpaired) electrons. The monoisotopic (exact) mass is 461 g/mol. The number of rotatable bonds is 9. The number of benzene rings is 2. The fourth-order valence-electron chi connectivity index (χ4n) is 4.01. The van der Waals surface area contributed by atoms with Crippen LogP contribution in [-0.2, 0) is 7.05 Å². The molecule has 0 bridgehead atoms. The summed E-state index contributed by atoms with van der Waals surface area (Å²) < 4.78 is 12.8. The van der Waals surface area contributed by atoms with E-state index in [0.29, 0.717) is 6.04 Å². The molecule has 7 nitrogen and oxygen atoms in total. The van der Waals surface area contributed by atoms with Crippen LogP contribution in [0.5, 0.6) is 11.5 Å². The maximum atomic E-state index is 5.54. The Morgan fingerprint density at radius 1 is 0.941 bits per heavy atom. The third kappa shape index (κ3) is 5.72. The van der Waals surface area contributed by atoms with Crippen molar-refractivity contribution in [3.8, 4) is 22.8 Å². The van der Waals surface area contributed by atoms with Crippen molar-refractivity contribution < 1.29 is 9.47 Å². The van der Waals surface area contributed by atoms with Gasteiger partial charge in [-0.3, -0.25) is 9.67 Å². The minimum Gasteiger partial charge on any atom is -0.497 e. The molecular formula is C27H35N5O2. The second-order valence-electron chi connectivity index (χ2n) is 8.50. The molecule has 0 saturated heterocycles. The largest absolute Gasteiger partial charge is 0.497 e. The molecule has 7 heteroatoms. The van der Waals surface area contributed by atoms with E-state index >= 15 is 0 Å². The third-order valence-electron chi connectivity index (χ3n) is 5.73. The summed E-state index contributed by atoms with van der Waals surface area (Å²) in [6.45, 7) is 5.21. The molecule has 1 atom stereocenters.